The molecular weight excluding hydrogens is 817 g/mol. The van der Waals surface area contributed by atoms with E-state index < -0.39 is 6.10 Å². The van der Waals surface area contributed by atoms with Crippen molar-refractivity contribution in [2.75, 3.05) is 13.2 Å². The monoisotopic (exact) mass is 929 g/mol. The summed E-state index contributed by atoms with van der Waals surface area (Å²) in [6.45, 7) is 6.67. The predicted molar refractivity (Wildman–Crippen MR) is 284 cm³/mol. The van der Waals surface area contributed by atoms with Gasteiger partial charge in [-0.15, -0.1) is 0 Å². The van der Waals surface area contributed by atoms with Gasteiger partial charge >= 0.3 is 17.9 Å². The number of carbonyl (C=O) groups excluding carboxylic acids is 3. The van der Waals surface area contributed by atoms with Crippen molar-refractivity contribution in [3.8, 4) is 0 Å². The van der Waals surface area contributed by atoms with Crippen LogP contribution < -0.4 is 0 Å². The zero-order chi connectivity index (χ0) is 47.9. The summed E-state index contributed by atoms with van der Waals surface area (Å²) < 4.78 is 16.9. The molecule has 0 bridgehead atoms. The molecule has 0 aromatic carbocycles. The van der Waals surface area contributed by atoms with E-state index >= 15 is 0 Å². The maximum Gasteiger partial charge on any atom is 0.306 e. The van der Waals surface area contributed by atoms with Gasteiger partial charge in [0, 0.05) is 19.3 Å². The molecule has 0 fully saturated rings. The second-order valence-corrected chi connectivity index (χ2v) is 19.9. The van der Waals surface area contributed by atoms with Crippen molar-refractivity contribution in [2.24, 2.45) is 0 Å². The van der Waals surface area contributed by atoms with E-state index in [2.05, 4.69) is 45.1 Å². The summed E-state index contributed by atoms with van der Waals surface area (Å²) in [5, 5.41) is 0. The van der Waals surface area contributed by atoms with Crippen LogP contribution in [0.1, 0.15) is 323 Å². The van der Waals surface area contributed by atoms with Gasteiger partial charge in [0.2, 0.25) is 0 Å². The molecular formula is C60H112O6. The van der Waals surface area contributed by atoms with Crippen molar-refractivity contribution in [2.45, 2.75) is 329 Å². The molecule has 6 heteroatoms. The lowest BCUT2D eigenvalue weighted by molar-refractivity contribution is -0.167. The van der Waals surface area contributed by atoms with Gasteiger partial charge in [0.25, 0.3) is 0 Å². The average molecular weight is 930 g/mol. The molecule has 0 amide bonds. The minimum absolute atomic E-state index is 0.0714. The van der Waals surface area contributed by atoms with Gasteiger partial charge < -0.3 is 14.2 Å². The molecule has 0 rings (SSSR count). The Bertz CT molecular complexity index is 1070. The molecule has 0 spiro atoms. The summed E-state index contributed by atoms with van der Waals surface area (Å²) in [4.78, 5) is 38.2. The standard InChI is InChI=1S/C60H112O6/c1-4-7-10-13-16-19-22-25-28-30-33-35-38-41-44-47-50-53-59(62)65-56-57(55-64-58(61)52-49-46-43-40-37-34-31-27-24-21-18-15-12-9-6-3)66-60(63)54-51-48-45-42-39-36-32-29-26-23-20-17-14-11-8-5-2/h25,28-29,32,57H,4-24,26-27,30-31,33-56H2,1-3H3/b28-25-,32-29-. The maximum atomic E-state index is 12.8. The summed E-state index contributed by atoms with van der Waals surface area (Å²) in [5.74, 6) is -0.864. The third-order valence-electron chi connectivity index (χ3n) is 13.2. The summed E-state index contributed by atoms with van der Waals surface area (Å²) in [6, 6.07) is 0. The number of ether oxygens (including phenoxy) is 3. The van der Waals surface area contributed by atoms with E-state index in [1.807, 2.05) is 0 Å². The van der Waals surface area contributed by atoms with Crippen LogP contribution in [0, 0.1) is 0 Å². The van der Waals surface area contributed by atoms with E-state index in [9.17, 15) is 14.4 Å². The van der Waals surface area contributed by atoms with Gasteiger partial charge in [0.15, 0.2) is 6.10 Å². The molecule has 0 aliphatic heterocycles. The molecule has 66 heavy (non-hydrogen) atoms. The lowest BCUT2D eigenvalue weighted by Crippen LogP contribution is -2.30. The minimum Gasteiger partial charge on any atom is -0.462 e. The van der Waals surface area contributed by atoms with Crippen LogP contribution in [-0.4, -0.2) is 37.2 Å². The first kappa shape index (κ1) is 63.9. The molecule has 1 atom stereocenters. The molecule has 388 valence electrons. The first-order valence-corrected chi connectivity index (χ1v) is 29.3. The van der Waals surface area contributed by atoms with Gasteiger partial charge in [-0.3, -0.25) is 14.4 Å². The Labute approximate surface area is 411 Å². The Morgan fingerprint density at radius 1 is 0.288 bits per heavy atom. The van der Waals surface area contributed by atoms with Crippen LogP contribution in [0.25, 0.3) is 0 Å². The summed E-state index contributed by atoms with van der Waals surface area (Å²) >= 11 is 0. The fourth-order valence-corrected chi connectivity index (χ4v) is 8.73. The Morgan fingerprint density at radius 2 is 0.500 bits per heavy atom. The first-order chi connectivity index (χ1) is 32.5. The number of unbranched alkanes of at least 4 members (excludes halogenated alkanes) is 39. The second-order valence-electron chi connectivity index (χ2n) is 19.9. The largest absolute Gasteiger partial charge is 0.462 e. The van der Waals surface area contributed by atoms with Crippen molar-refractivity contribution in [1.29, 1.82) is 0 Å². The van der Waals surface area contributed by atoms with Crippen LogP contribution in [0.4, 0.5) is 0 Å². The van der Waals surface area contributed by atoms with Crippen LogP contribution in [0.3, 0.4) is 0 Å². The molecule has 0 saturated heterocycles. The molecule has 1 unspecified atom stereocenters. The SMILES string of the molecule is CCCCCCCC/C=C\CCCCCCCCCC(=O)OCC(COC(=O)CCCCCCCCCCCCCCCCC)OC(=O)CCCCCCC/C=C\CCCCCCCCC. The number of carbonyl (C=O) groups is 3. The molecule has 6 nitrogen and oxygen atoms in total. The summed E-state index contributed by atoms with van der Waals surface area (Å²) in [7, 11) is 0. The van der Waals surface area contributed by atoms with Crippen LogP contribution in [0.2, 0.25) is 0 Å². The fourth-order valence-electron chi connectivity index (χ4n) is 8.73. The predicted octanol–water partition coefficient (Wildman–Crippen LogP) is 19.5. The van der Waals surface area contributed by atoms with Gasteiger partial charge in [-0.1, -0.05) is 257 Å². The van der Waals surface area contributed by atoms with Crippen molar-refractivity contribution < 1.29 is 28.6 Å². The summed E-state index contributed by atoms with van der Waals surface area (Å²) in [5.41, 5.74) is 0. The van der Waals surface area contributed by atoms with E-state index in [-0.39, 0.29) is 31.1 Å². The van der Waals surface area contributed by atoms with Crippen molar-refractivity contribution in [3.05, 3.63) is 24.3 Å². The molecule has 0 aliphatic carbocycles. The second kappa shape index (κ2) is 55.5. The van der Waals surface area contributed by atoms with E-state index in [1.165, 1.54) is 218 Å². The van der Waals surface area contributed by atoms with Gasteiger partial charge in [-0.25, -0.2) is 0 Å². The van der Waals surface area contributed by atoms with Crippen LogP contribution in [-0.2, 0) is 28.6 Å². The highest BCUT2D eigenvalue weighted by Gasteiger charge is 2.19. The van der Waals surface area contributed by atoms with Crippen molar-refractivity contribution >= 4 is 17.9 Å². The highest BCUT2D eigenvalue weighted by atomic mass is 16.6. The Balaban J connectivity index is 4.35. The van der Waals surface area contributed by atoms with Gasteiger partial charge in [0.05, 0.1) is 0 Å². The van der Waals surface area contributed by atoms with Crippen LogP contribution in [0.15, 0.2) is 24.3 Å². The van der Waals surface area contributed by atoms with Gasteiger partial charge in [0.1, 0.15) is 13.2 Å². The topological polar surface area (TPSA) is 78.9 Å². The zero-order valence-electron chi connectivity index (χ0n) is 44.5. The van der Waals surface area contributed by atoms with Crippen molar-refractivity contribution in [3.63, 3.8) is 0 Å². The third-order valence-corrected chi connectivity index (χ3v) is 13.2. The normalized spacial score (nSPS) is 12.1. The van der Waals surface area contributed by atoms with E-state index in [0.29, 0.717) is 19.3 Å². The highest BCUT2D eigenvalue weighted by Crippen LogP contribution is 2.16. The molecule has 0 radical (unpaired) electrons. The highest BCUT2D eigenvalue weighted by molar-refractivity contribution is 5.71. The van der Waals surface area contributed by atoms with Gasteiger partial charge in [-0.2, -0.15) is 0 Å². The minimum atomic E-state index is -0.773. The summed E-state index contributed by atoms with van der Waals surface area (Å²) in [6.07, 6.45) is 64.5. The Kier molecular flexibility index (Phi) is 53.7. The molecule has 0 aliphatic rings. The number of rotatable bonds is 54. The molecule has 0 saturated carbocycles. The average Bonchev–Trinajstić information content (AvgIpc) is 3.31. The van der Waals surface area contributed by atoms with Gasteiger partial charge in [-0.05, 0) is 70.6 Å². The lowest BCUT2D eigenvalue weighted by atomic mass is 10.0. The molecule has 0 aromatic heterocycles. The van der Waals surface area contributed by atoms with E-state index in [1.54, 1.807) is 0 Å². The smallest absolute Gasteiger partial charge is 0.306 e. The third kappa shape index (κ3) is 52.9. The van der Waals surface area contributed by atoms with Crippen molar-refractivity contribution in [1.82, 2.24) is 0 Å². The quantitative estimate of drug-likeness (QED) is 0.0262. The molecule has 0 heterocycles. The number of hydrogen-bond acceptors (Lipinski definition) is 6. The molecule has 0 N–H and O–H groups in total. The van der Waals surface area contributed by atoms with Crippen LogP contribution in [0.5, 0.6) is 0 Å². The Hall–Kier alpha value is -2.11. The number of hydrogen-bond donors (Lipinski definition) is 0. The number of allylic oxidation sites excluding steroid dienone is 4. The Morgan fingerprint density at radius 3 is 0.758 bits per heavy atom. The van der Waals surface area contributed by atoms with E-state index in [0.717, 1.165) is 64.2 Å². The van der Waals surface area contributed by atoms with Crippen LogP contribution >= 0.6 is 0 Å². The fraction of sp³-hybridized carbons (Fsp3) is 0.883. The molecule has 0 aromatic rings. The maximum absolute atomic E-state index is 12.8. The first-order valence-electron chi connectivity index (χ1n) is 29.3. The number of esters is 3. The zero-order valence-corrected chi connectivity index (χ0v) is 44.5. The lowest BCUT2D eigenvalue weighted by Gasteiger charge is -2.18. The van der Waals surface area contributed by atoms with E-state index in [4.69, 9.17) is 14.2 Å².